The zero-order valence-corrected chi connectivity index (χ0v) is 13.5. The van der Waals surface area contributed by atoms with Gasteiger partial charge in [0.2, 0.25) is 5.91 Å². The molecule has 5 heteroatoms. The number of aliphatic carboxylic acids is 1. The number of carboxylic acid groups (broad SMARTS) is 1. The zero-order chi connectivity index (χ0) is 16.8. The first kappa shape index (κ1) is 17.4. The second kappa shape index (κ2) is 8.09. The van der Waals surface area contributed by atoms with E-state index in [1.807, 2.05) is 11.8 Å². The van der Waals surface area contributed by atoms with Crippen molar-refractivity contribution in [3.05, 3.63) is 35.6 Å². The molecule has 0 aromatic heterocycles. The van der Waals surface area contributed by atoms with E-state index in [-0.39, 0.29) is 30.0 Å². The van der Waals surface area contributed by atoms with Crippen molar-refractivity contribution in [3.8, 4) is 0 Å². The molecular formula is C18H24FNO3. The van der Waals surface area contributed by atoms with Gasteiger partial charge in [0.25, 0.3) is 0 Å². The van der Waals surface area contributed by atoms with E-state index in [9.17, 15) is 14.0 Å². The molecule has 1 aliphatic rings. The number of likely N-dealkylation sites (tertiary alicyclic amines) is 1. The quantitative estimate of drug-likeness (QED) is 0.876. The predicted molar refractivity (Wildman–Crippen MR) is 85.4 cm³/mol. The molecule has 1 unspecified atom stereocenters. The van der Waals surface area contributed by atoms with Crippen molar-refractivity contribution >= 4 is 11.9 Å². The van der Waals surface area contributed by atoms with Crippen LogP contribution in [0.5, 0.6) is 0 Å². The van der Waals surface area contributed by atoms with Crippen LogP contribution in [-0.2, 0) is 16.0 Å². The Hall–Kier alpha value is -1.91. The standard InChI is InChI=1S/C18H24FNO3/c1-13(6-7-15-4-2-3-5-16(15)19)18(23)20-10-8-14(9-11-20)12-17(21)22/h2-5,13-14H,6-12H2,1H3,(H,21,22). The molecule has 0 aliphatic carbocycles. The average molecular weight is 321 g/mol. The van der Waals surface area contributed by atoms with Crippen LogP contribution in [0.15, 0.2) is 24.3 Å². The van der Waals surface area contributed by atoms with Crippen molar-refractivity contribution < 1.29 is 19.1 Å². The van der Waals surface area contributed by atoms with Gasteiger partial charge in [-0.1, -0.05) is 25.1 Å². The van der Waals surface area contributed by atoms with Gasteiger partial charge in [-0.15, -0.1) is 0 Å². The van der Waals surface area contributed by atoms with Crippen molar-refractivity contribution in [1.29, 1.82) is 0 Å². The minimum absolute atomic E-state index is 0.0927. The predicted octanol–water partition coefficient (Wildman–Crippen LogP) is 3.11. The molecule has 2 rings (SSSR count). The van der Waals surface area contributed by atoms with Crippen molar-refractivity contribution in [2.75, 3.05) is 13.1 Å². The van der Waals surface area contributed by atoms with E-state index in [0.717, 1.165) is 12.8 Å². The number of halogens is 1. The van der Waals surface area contributed by atoms with E-state index in [1.54, 1.807) is 18.2 Å². The number of rotatable bonds is 6. The highest BCUT2D eigenvalue weighted by atomic mass is 19.1. The minimum Gasteiger partial charge on any atom is -0.481 e. The third kappa shape index (κ3) is 5.05. The largest absolute Gasteiger partial charge is 0.481 e. The number of hydrogen-bond acceptors (Lipinski definition) is 2. The third-order valence-electron chi connectivity index (χ3n) is 4.62. The van der Waals surface area contributed by atoms with Gasteiger partial charge in [0, 0.05) is 25.4 Å². The molecule has 1 heterocycles. The van der Waals surface area contributed by atoms with Gasteiger partial charge in [0.15, 0.2) is 0 Å². The van der Waals surface area contributed by atoms with Gasteiger partial charge < -0.3 is 10.0 Å². The van der Waals surface area contributed by atoms with Gasteiger partial charge >= 0.3 is 5.97 Å². The lowest BCUT2D eigenvalue weighted by Gasteiger charge is -2.33. The number of aryl methyl sites for hydroxylation is 1. The molecule has 0 spiro atoms. The molecule has 1 atom stereocenters. The zero-order valence-electron chi connectivity index (χ0n) is 13.5. The van der Waals surface area contributed by atoms with Crippen molar-refractivity contribution in [2.24, 2.45) is 11.8 Å². The molecule has 1 fully saturated rings. The highest BCUT2D eigenvalue weighted by molar-refractivity contribution is 5.78. The van der Waals surface area contributed by atoms with E-state index >= 15 is 0 Å². The van der Waals surface area contributed by atoms with Crippen LogP contribution in [0.1, 0.15) is 38.2 Å². The van der Waals surface area contributed by atoms with Gasteiger partial charge in [-0.05, 0) is 43.2 Å². The SMILES string of the molecule is CC(CCc1ccccc1F)C(=O)N1CCC(CC(=O)O)CC1. The molecule has 126 valence electrons. The summed E-state index contributed by atoms with van der Waals surface area (Å²) >= 11 is 0. The summed E-state index contributed by atoms with van der Waals surface area (Å²) in [7, 11) is 0. The lowest BCUT2D eigenvalue weighted by atomic mass is 9.92. The smallest absolute Gasteiger partial charge is 0.303 e. The number of carbonyl (C=O) groups is 2. The maximum atomic E-state index is 13.6. The summed E-state index contributed by atoms with van der Waals surface area (Å²) in [5.41, 5.74) is 0.646. The molecule has 0 radical (unpaired) electrons. The number of benzene rings is 1. The number of carboxylic acids is 1. The fourth-order valence-electron chi connectivity index (χ4n) is 3.11. The summed E-state index contributed by atoms with van der Waals surface area (Å²) in [5, 5.41) is 8.82. The van der Waals surface area contributed by atoms with Crippen LogP contribution >= 0.6 is 0 Å². The van der Waals surface area contributed by atoms with Crippen LogP contribution in [0.4, 0.5) is 4.39 Å². The van der Waals surface area contributed by atoms with Crippen LogP contribution < -0.4 is 0 Å². The summed E-state index contributed by atoms with van der Waals surface area (Å²) in [6.07, 6.45) is 2.85. The van der Waals surface area contributed by atoms with Crippen molar-refractivity contribution in [1.82, 2.24) is 4.90 Å². The topological polar surface area (TPSA) is 57.6 Å². The molecule has 1 N–H and O–H groups in total. The minimum atomic E-state index is -0.770. The second-order valence-corrected chi connectivity index (χ2v) is 6.40. The highest BCUT2D eigenvalue weighted by Gasteiger charge is 2.26. The summed E-state index contributed by atoms with van der Waals surface area (Å²) in [6.45, 7) is 3.13. The van der Waals surface area contributed by atoms with Gasteiger partial charge in [-0.25, -0.2) is 4.39 Å². The Balaban J connectivity index is 1.79. The monoisotopic (exact) mass is 321 g/mol. The summed E-state index contributed by atoms with van der Waals surface area (Å²) in [6, 6.07) is 6.66. The summed E-state index contributed by atoms with van der Waals surface area (Å²) in [5.74, 6) is -0.874. The maximum Gasteiger partial charge on any atom is 0.303 e. The fraction of sp³-hybridized carbons (Fsp3) is 0.556. The first-order chi connectivity index (χ1) is 11.0. The van der Waals surface area contributed by atoms with E-state index in [4.69, 9.17) is 5.11 Å². The third-order valence-corrected chi connectivity index (χ3v) is 4.62. The Labute approximate surface area is 136 Å². The lowest BCUT2D eigenvalue weighted by molar-refractivity contribution is -0.139. The molecule has 1 saturated heterocycles. The fourth-order valence-corrected chi connectivity index (χ4v) is 3.11. The molecular weight excluding hydrogens is 297 g/mol. The van der Waals surface area contributed by atoms with E-state index in [1.165, 1.54) is 6.07 Å². The van der Waals surface area contributed by atoms with Crippen LogP contribution in [0.25, 0.3) is 0 Å². The number of carbonyl (C=O) groups excluding carboxylic acids is 1. The lowest BCUT2D eigenvalue weighted by Crippen LogP contribution is -2.41. The molecule has 4 nitrogen and oxygen atoms in total. The summed E-state index contributed by atoms with van der Waals surface area (Å²) in [4.78, 5) is 25.0. The molecule has 0 bridgehead atoms. The van der Waals surface area contributed by atoms with E-state index in [2.05, 4.69) is 0 Å². The van der Waals surface area contributed by atoms with Gasteiger partial charge in [-0.3, -0.25) is 9.59 Å². The maximum absolute atomic E-state index is 13.6. The van der Waals surface area contributed by atoms with Gasteiger partial charge in [-0.2, -0.15) is 0 Å². The van der Waals surface area contributed by atoms with E-state index < -0.39 is 5.97 Å². The molecule has 1 amide bonds. The number of nitrogens with zero attached hydrogens (tertiary/aromatic N) is 1. The van der Waals surface area contributed by atoms with E-state index in [0.29, 0.717) is 31.5 Å². The normalized spacial score (nSPS) is 17.0. The molecule has 1 aromatic rings. The Morgan fingerprint density at radius 1 is 1.30 bits per heavy atom. The Morgan fingerprint density at radius 3 is 2.57 bits per heavy atom. The van der Waals surface area contributed by atoms with Gasteiger partial charge in [0.1, 0.15) is 5.82 Å². The van der Waals surface area contributed by atoms with Crippen LogP contribution in [0, 0.1) is 17.7 Å². The number of hydrogen-bond donors (Lipinski definition) is 1. The Kier molecular flexibility index (Phi) is 6.13. The first-order valence-corrected chi connectivity index (χ1v) is 8.21. The molecule has 1 aromatic carbocycles. The molecule has 1 aliphatic heterocycles. The molecule has 23 heavy (non-hydrogen) atoms. The number of amides is 1. The van der Waals surface area contributed by atoms with Crippen LogP contribution in [0.2, 0.25) is 0 Å². The average Bonchev–Trinajstić information content (AvgIpc) is 2.53. The first-order valence-electron chi connectivity index (χ1n) is 8.21. The highest BCUT2D eigenvalue weighted by Crippen LogP contribution is 2.23. The molecule has 0 saturated carbocycles. The van der Waals surface area contributed by atoms with Crippen LogP contribution in [0.3, 0.4) is 0 Å². The van der Waals surface area contributed by atoms with Crippen molar-refractivity contribution in [2.45, 2.75) is 39.0 Å². The van der Waals surface area contributed by atoms with Gasteiger partial charge in [0.05, 0.1) is 0 Å². The Morgan fingerprint density at radius 2 is 1.96 bits per heavy atom. The second-order valence-electron chi connectivity index (χ2n) is 6.40. The van der Waals surface area contributed by atoms with Crippen LogP contribution in [-0.4, -0.2) is 35.0 Å². The Bertz CT molecular complexity index is 553. The van der Waals surface area contributed by atoms with Crippen molar-refractivity contribution in [3.63, 3.8) is 0 Å². The number of piperidine rings is 1. The summed E-state index contributed by atoms with van der Waals surface area (Å²) < 4.78 is 13.6.